The van der Waals surface area contributed by atoms with E-state index in [1.54, 1.807) is 18.2 Å². The summed E-state index contributed by atoms with van der Waals surface area (Å²) in [6, 6.07) is 5.18. The Kier molecular flexibility index (Phi) is 9.45. The summed E-state index contributed by atoms with van der Waals surface area (Å²) in [5.74, 6) is -2.66. The fraction of sp³-hybridized carbons (Fsp3) is 0.500. The van der Waals surface area contributed by atoms with Crippen molar-refractivity contribution in [2.75, 3.05) is 11.9 Å². The molecule has 9 nitrogen and oxygen atoms in total. The summed E-state index contributed by atoms with van der Waals surface area (Å²) < 4.78 is 62.2. The number of benzene rings is 2. The maximum atomic E-state index is 14.5. The van der Waals surface area contributed by atoms with Crippen LogP contribution in [0, 0.1) is 11.7 Å². The Morgan fingerprint density at radius 3 is 2.71 bits per heavy atom. The third-order valence-corrected chi connectivity index (χ3v) is 11.4. The Balaban J connectivity index is 1.19. The standard InChI is InChI=1S/C36H38ClF4N5O4S/c1-34(11-12-34)45-32(49)35-18-20(35)7-5-3-2-4-6-8-27(42-24-14-21(36(39,40)41)13-23(38)16-24)31(48)46-19-25(17-28(46)30(47)44-35)50-33-43-26-10-9-22(37)15-29(26)51-33/h5,7,9-10,13-16,20,25,27-28,42H,2-4,6,8,11-12,17-19H2,1H3,(H,44,47)(H,45,49)/b7-5-/t20-,25-,27+,28+,35-/m1/s1. The summed E-state index contributed by atoms with van der Waals surface area (Å²) in [4.78, 5) is 48.3. The minimum absolute atomic E-state index is 0.0245. The molecule has 1 aromatic heterocycles. The van der Waals surface area contributed by atoms with Crippen LogP contribution >= 0.6 is 22.9 Å². The van der Waals surface area contributed by atoms with Gasteiger partial charge in [-0.1, -0.05) is 47.9 Å². The zero-order valence-corrected chi connectivity index (χ0v) is 29.4. The molecule has 3 fully saturated rings. The van der Waals surface area contributed by atoms with Gasteiger partial charge in [-0.25, -0.2) is 9.37 Å². The lowest BCUT2D eigenvalue weighted by Crippen LogP contribution is -2.58. The van der Waals surface area contributed by atoms with E-state index in [0.717, 1.165) is 48.9 Å². The molecule has 2 aromatic carbocycles. The number of allylic oxidation sites excluding steroid dienone is 1. The van der Waals surface area contributed by atoms with Crippen LogP contribution in [-0.2, 0) is 20.6 Å². The molecule has 5 atom stereocenters. The molecule has 3 heterocycles. The number of rotatable bonds is 6. The van der Waals surface area contributed by atoms with Crippen molar-refractivity contribution < 1.29 is 36.7 Å². The van der Waals surface area contributed by atoms with Crippen molar-refractivity contribution in [2.45, 2.75) is 100 Å². The van der Waals surface area contributed by atoms with Crippen LogP contribution in [0.4, 0.5) is 23.2 Å². The van der Waals surface area contributed by atoms with Crippen LogP contribution in [-0.4, -0.2) is 63.4 Å². The lowest BCUT2D eigenvalue weighted by Gasteiger charge is -2.30. The van der Waals surface area contributed by atoms with Gasteiger partial charge in [0, 0.05) is 28.6 Å². The zero-order chi connectivity index (χ0) is 36.1. The van der Waals surface area contributed by atoms with E-state index in [2.05, 4.69) is 20.9 Å². The lowest BCUT2D eigenvalue weighted by molar-refractivity contribution is -0.140. The van der Waals surface area contributed by atoms with Crippen LogP contribution in [0.15, 0.2) is 48.6 Å². The van der Waals surface area contributed by atoms with Crippen LogP contribution < -0.4 is 20.7 Å². The minimum atomic E-state index is -4.80. The first kappa shape index (κ1) is 35.5. The first-order valence-electron chi connectivity index (χ1n) is 17.2. The van der Waals surface area contributed by atoms with Gasteiger partial charge in [0.1, 0.15) is 29.5 Å². The van der Waals surface area contributed by atoms with Crippen LogP contribution in [0.1, 0.15) is 70.3 Å². The monoisotopic (exact) mass is 747 g/mol. The van der Waals surface area contributed by atoms with Gasteiger partial charge in [0.05, 0.1) is 22.3 Å². The number of hydrogen-bond acceptors (Lipinski definition) is 7. The fourth-order valence-electron chi connectivity index (χ4n) is 6.97. The summed E-state index contributed by atoms with van der Waals surface area (Å²) in [5.41, 5.74) is -2.21. The second-order valence-corrected chi connectivity index (χ2v) is 15.8. The highest BCUT2D eigenvalue weighted by atomic mass is 35.5. The van der Waals surface area contributed by atoms with Gasteiger partial charge in [-0.3, -0.25) is 14.4 Å². The summed E-state index contributed by atoms with van der Waals surface area (Å²) in [7, 11) is 0. The van der Waals surface area contributed by atoms with Gasteiger partial charge < -0.3 is 25.6 Å². The Bertz CT molecular complexity index is 1880. The van der Waals surface area contributed by atoms with E-state index < -0.39 is 53.1 Å². The largest absolute Gasteiger partial charge is 0.465 e. The van der Waals surface area contributed by atoms with Crippen molar-refractivity contribution in [3.05, 3.63) is 65.0 Å². The highest BCUT2D eigenvalue weighted by Gasteiger charge is 2.62. The predicted octanol–water partition coefficient (Wildman–Crippen LogP) is 7.00. The molecular weight excluding hydrogens is 710 g/mol. The third-order valence-electron chi connectivity index (χ3n) is 10.2. The zero-order valence-electron chi connectivity index (χ0n) is 27.8. The van der Waals surface area contributed by atoms with Gasteiger partial charge in [0.15, 0.2) is 0 Å². The molecule has 0 unspecified atom stereocenters. The number of nitrogens with one attached hydrogen (secondary N) is 3. The number of carbonyl (C=O) groups excluding carboxylic acids is 3. The van der Waals surface area contributed by atoms with E-state index in [0.29, 0.717) is 34.6 Å². The molecule has 3 amide bonds. The van der Waals surface area contributed by atoms with E-state index in [9.17, 15) is 31.9 Å². The molecule has 0 bridgehead atoms. The van der Waals surface area contributed by atoms with Crippen molar-refractivity contribution >= 4 is 56.6 Å². The van der Waals surface area contributed by atoms with Crippen molar-refractivity contribution in [1.29, 1.82) is 0 Å². The van der Waals surface area contributed by atoms with Crippen LogP contribution in [0.5, 0.6) is 5.19 Å². The lowest BCUT2D eigenvalue weighted by atomic mass is 10.0. The van der Waals surface area contributed by atoms with Crippen LogP contribution in [0.3, 0.4) is 0 Å². The average Bonchev–Trinajstić information content (AvgIpc) is 3.84. The maximum Gasteiger partial charge on any atom is 0.416 e. The predicted molar refractivity (Wildman–Crippen MR) is 185 cm³/mol. The van der Waals surface area contributed by atoms with Gasteiger partial charge in [0.2, 0.25) is 17.7 Å². The van der Waals surface area contributed by atoms with E-state index >= 15 is 0 Å². The molecule has 1 saturated heterocycles. The highest BCUT2D eigenvalue weighted by Crippen LogP contribution is 2.47. The van der Waals surface area contributed by atoms with Gasteiger partial charge in [0.25, 0.3) is 5.19 Å². The molecule has 2 saturated carbocycles. The second kappa shape index (κ2) is 13.6. The Morgan fingerprint density at radius 2 is 1.94 bits per heavy atom. The number of carbonyl (C=O) groups is 3. The van der Waals surface area contributed by atoms with E-state index in [-0.39, 0.29) is 42.4 Å². The van der Waals surface area contributed by atoms with Gasteiger partial charge in [-0.15, -0.1) is 0 Å². The molecule has 2 aliphatic heterocycles. The number of anilines is 1. The van der Waals surface area contributed by atoms with Crippen molar-refractivity contribution in [3.8, 4) is 5.19 Å². The maximum absolute atomic E-state index is 14.5. The second-order valence-electron chi connectivity index (χ2n) is 14.3. The van der Waals surface area contributed by atoms with Crippen LogP contribution in [0.2, 0.25) is 5.02 Å². The number of fused-ring (bicyclic) bond motifs is 3. The Labute approximate surface area is 301 Å². The summed E-state index contributed by atoms with van der Waals surface area (Å²) in [5, 5.41) is 9.83. The number of ether oxygens (including phenoxy) is 1. The minimum Gasteiger partial charge on any atom is -0.465 e. The molecular formula is C36H38ClF4N5O4S. The summed E-state index contributed by atoms with van der Waals surface area (Å²) >= 11 is 7.42. The molecule has 15 heteroatoms. The van der Waals surface area contributed by atoms with Gasteiger partial charge in [-0.2, -0.15) is 13.2 Å². The molecule has 51 heavy (non-hydrogen) atoms. The molecule has 0 radical (unpaired) electrons. The number of thiazole rings is 1. The van der Waals surface area contributed by atoms with E-state index in [1.807, 2.05) is 19.1 Å². The Morgan fingerprint density at radius 1 is 1.14 bits per heavy atom. The smallest absolute Gasteiger partial charge is 0.416 e. The van der Waals surface area contributed by atoms with E-state index in [1.165, 1.54) is 16.2 Å². The molecule has 272 valence electrons. The van der Waals surface area contributed by atoms with Crippen molar-refractivity contribution in [3.63, 3.8) is 0 Å². The first-order chi connectivity index (χ1) is 24.2. The number of aromatic nitrogens is 1. The molecule has 2 aliphatic carbocycles. The molecule has 0 spiro atoms. The third kappa shape index (κ3) is 7.81. The molecule has 3 aromatic rings. The van der Waals surface area contributed by atoms with Gasteiger partial charge in [-0.05, 0) is 81.8 Å². The summed E-state index contributed by atoms with van der Waals surface area (Å²) in [6.07, 6.45) is 3.68. The number of hydrogen-bond donors (Lipinski definition) is 3. The van der Waals surface area contributed by atoms with Gasteiger partial charge >= 0.3 is 6.18 Å². The number of nitrogens with zero attached hydrogens (tertiary/aromatic N) is 2. The molecule has 7 rings (SSSR count). The normalized spacial score (nSPS) is 28.5. The molecule has 4 aliphatic rings. The fourth-order valence-corrected chi connectivity index (χ4v) is 8.13. The molecule has 3 N–H and O–H groups in total. The number of amides is 3. The van der Waals surface area contributed by atoms with Crippen molar-refractivity contribution in [2.24, 2.45) is 5.92 Å². The number of alkyl halides is 3. The number of halogens is 5. The van der Waals surface area contributed by atoms with Crippen molar-refractivity contribution in [1.82, 2.24) is 20.5 Å². The SMILES string of the molecule is CC1(NC(=O)[C@@]23C[C@H]2/C=C\CCCCC[C@H](Nc2cc(F)cc(C(F)(F)F)c2)C(=O)N2C[C@H](Oc4nc5ccc(Cl)cc5s4)C[C@H]2C(=O)N3)CC1. The summed E-state index contributed by atoms with van der Waals surface area (Å²) in [6.45, 7) is 1.94. The topological polar surface area (TPSA) is 113 Å². The quantitative estimate of drug-likeness (QED) is 0.185. The first-order valence-corrected chi connectivity index (χ1v) is 18.4. The average molecular weight is 748 g/mol. The van der Waals surface area contributed by atoms with E-state index in [4.69, 9.17) is 16.3 Å². The Hall–Kier alpha value is -3.91. The van der Waals surface area contributed by atoms with Crippen LogP contribution in [0.25, 0.3) is 10.2 Å². The highest BCUT2D eigenvalue weighted by molar-refractivity contribution is 7.20.